The molecule has 60 valence electrons. The predicted molar refractivity (Wildman–Crippen MR) is 36.5 cm³/mol. The average Bonchev–Trinajstić information content (AvgIpc) is 1.88. The molecule has 0 aliphatic carbocycles. The van der Waals surface area contributed by atoms with Crippen LogP contribution in [-0.2, 0) is 14.3 Å². The first-order valence-electron chi connectivity index (χ1n) is 3.08. The van der Waals surface area contributed by atoms with Crippen LogP contribution >= 0.6 is 0 Å². The number of hydrogen-bond donors (Lipinski definition) is 1. The van der Waals surface area contributed by atoms with Crippen LogP contribution in [0, 0.1) is 0 Å². The van der Waals surface area contributed by atoms with E-state index in [2.05, 4.69) is 0 Å². The van der Waals surface area contributed by atoms with E-state index in [0.717, 1.165) is 0 Å². The lowest BCUT2D eigenvalue weighted by Gasteiger charge is -2.07. The second-order valence-corrected chi connectivity index (χ2v) is 1.91. The fourth-order valence-corrected chi connectivity index (χ4v) is 0.390. The first-order chi connectivity index (χ1) is 4.68. The Kier molecular flexibility index (Phi) is 4.88. The van der Waals surface area contributed by atoms with E-state index in [4.69, 9.17) is 15.2 Å². The molecule has 0 radical (unpaired) electrons. The highest BCUT2D eigenvalue weighted by atomic mass is 16.5. The van der Waals surface area contributed by atoms with Crippen LogP contribution < -0.4 is 5.73 Å². The minimum atomic E-state index is -0.518. The van der Waals surface area contributed by atoms with E-state index in [-0.39, 0.29) is 0 Å². The van der Waals surface area contributed by atoms with Crippen molar-refractivity contribution >= 4 is 5.91 Å². The van der Waals surface area contributed by atoms with Crippen molar-refractivity contribution in [2.75, 3.05) is 20.3 Å². The largest absolute Gasteiger partial charge is 0.382 e. The van der Waals surface area contributed by atoms with Gasteiger partial charge >= 0.3 is 0 Å². The van der Waals surface area contributed by atoms with Crippen molar-refractivity contribution in [1.82, 2.24) is 0 Å². The molecule has 4 heteroatoms. The fourth-order valence-electron chi connectivity index (χ4n) is 0.390. The lowest BCUT2D eigenvalue weighted by atomic mass is 10.4. The Hall–Kier alpha value is -0.610. The van der Waals surface area contributed by atoms with Gasteiger partial charge in [0.05, 0.1) is 13.2 Å². The van der Waals surface area contributed by atoms with Gasteiger partial charge in [0.2, 0.25) is 5.91 Å². The topological polar surface area (TPSA) is 61.6 Å². The maximum Gasteiger partial charge on any atom is 0.246 e. The van der Waals surface area contributed by atoms with Gasteiger partial charge in [0.25, 0.3) is 0 Å². The monoisotopic (exact) mass is 147 g/mol. The number of amides is 1. The van der Waals surface area contributed by atoms with Gasteiger partial charge in [0.15, 0.2) is 0 Å². The molecular weight excluding hydrogens is 134 g/mol. The molecule has 0 heterocycles. The molecule has 0 aromatic heterocycles. The Morgan fingerprint density at radius 1 is 1.60 bits per heavy atom. The molecule has 1 unspecified atom stereocenters. The van der Waals surface area contributed by atoms with E-state index in [1.807, 2.05) is 0 Å². The number of ether oxygens (including phenoxy) is 2. The first-order valence-corrected chi connectivity index (χ1v) is 3.08. The number of carbonyl (C=O) groups excluding carboxylic acids is 1. The quantitative estimate of drug-likeness (QED) is 0.534. The molecule has 4 nitrogen and oxygen atoms in total. The van der Waals surface area contributed by atoms with E-state index in [0.29, 0.717) is 13.2 Å². The predicted octanol–water partition coefficient (Wildman–Crippen LogP) is -0.477. The molecule has 0 saturated heterocycles. The Morgan fingerprint density at radius 2 is 2.20 bits per heavy atom. The lowest BCUT2D eigenvalue weighted by molar-refractivity contribution is -0.129. The second-order valence-electron chi connectivity index (χ2n) is 1.91. The van der Waals surface area contributed by atoms with E-state index >= 15 is 0 Å². The molecule has 1 amide bonds. The highest BCUT2D eigenvalue weighted by Crippen LogP contribution is 1.87. The van der Waals surface area contributed by atoms with Crippen LogP contribution in [0.4, 0.5) is 0 Å². The van der Waals surface area contributed by atoms with Crippen LogP contribution in [-0.4, -0.2) is 32.3 Å². The Morgan fingerprint density at radius 3 is 2.60 bits per heavy atom. The zero-order valence-corrected chi connectivity index (χ0v) is 6.29. The van der Waals surface area contributed by atoms with E-state index in [9.17, 15) is 4.79 Å². The summed E-state index contributed by atoms with van der Waals surface area (Å²) in [5.41, 5.74) is 4.91. The van der Waals surface area contributed by atoms with Crippen LogP contribution in [0.1, 0.15) is 6.92 Å². The van der Waals surface area contributed by atoms with E-state index < -0.39 is 12.0 Å². The molecule has 10 heavy (non-hydrogen) atoms. The number of primary amides is 1. The number of methoxy groups -OCH3 is 1. The summed E-state index contributed by atoms with van der Waals surface area (Å²) in [5, 5.41) is 0. The highest BCUT2D eigenvalue weighted by molar-refractivity contribution is 5.78. The third-order valence-electron chi connectivity index (χ3n) is 1.06. The zero-order chi connectivity index (χ0) is 7.98. The summed E-state index contributed by atoms with van der Waals surface area (Å²) in [6.07, 6.45) is -0.518. The van der Waals surface area contributed by atoms with Gasteiger partial charge < -0.3 is 15.2 Å². The van der Waals surface area contributed by atoms with Crippen molar-refractivity contribution in [3.8, 4) is 0 Å². The molecule has 0 aromatic rings. The van der Waals surface area contributed by atoms with E-state index in [1.165, 1.54) is 0 Å². The van der Waals surface area contributed by atoms with Crippen molar-refractivity contribution in [2.45, 2.75) is 13.0 Å². The van der Waals surface area contributed by atoms with Gasteiger partial charge in [-0.05, 0) is 6.92 Å². The molecule has 0 saturated carbocycles. The molecule has 1 atom stereocenters. The van der Waals surface area contributed by atoms with Crippen molar-refractivity contribution in [2.24, 2.45) is 5.73 Å². The summed E-state index contributed by atoms with van der Waals surface area (Å²) in [6, 6.07) is 0. The minimum absolute atomic E-state index is 0.403. The molecule has 0 fully saturated rings. The molecular formula is C6H13NO3. The van der Waals surface area contributed by atoms with Crippen LogP contribution in [0.5, 0.6) is 0 Å². The van der Waals surface area contributed by atoms with Crippen LogP contribution in [0.2, 0.25) is 0 Å². The van der Waals surface area contributed by atoms with Gasteiger partial charge in [-0.15, -0.1) is 0 Å². The molecule has 0 aliphatic rings. The van der Waals surface area contributed by atoms with Crippen molar-refractivity contribution < 1.29 is 14.3 Å². The summed E-state index contributed by atoms with van der Waals surface area (Å²) in [7, 11) is 1.57. The summed E-state index contributed by atoms with van der Waals surface area (Å²) in [4.78, 5) is 10.3. The molecule has 2 N–H and O–H groups in total. The third kappa shape index (κ3) is 4.29. The van der Waals surface area contributed by atoms with Gasteiger partial charge in [-0.1, -0.05) is 0 Å². The maximum atomic E-state index is 10.3. The summed E-state index contributed by atoms with van der Waals surface area (Å²) < 4.78 is 9.64. The lowest BCUT2D eigenvalue weighted by Crippen LogP contribution is -2.29. The maximum absolute atomic E-state index is 10.3. The minimum Gasteiger partial charge on any atom is -0.382 e. The van der Waals surface area contributed by atoms with Gasteiger partial charge in [-0.3, -0.25) is 4.79 Å². The van der Waals surface area contributed by atoms with Crippen LogP contribution in [0.3, 0.4) is 0 Å². The number of nitrogens with two attached hydrogens (primary N) is 1. The summed E-state index contributed by atoms with van der Waals surface area (Å²) in [6.45, 7) is 2.50. The Labute approximate surface area is 60.3 Å². The zero-order valence-electron chi connectivity index (χ0n) is 6.29. The molecule has 0 spiro atoms. The van der Waals surface area contributed by atoms with Crippen molar-refractivity contribution in [3.63, 3.8) is 0 Å². The molecule has 0 bridgehead atoms. The Bertz CT molecular complexity index is 105. The Balaban J connectivity index is 3.21. The van der Waals surface area contributed by atoms with Crippen molar-refractivity contribution in [1.29, 1.82) is 0 Å². The third-order valence-corrected chi connectivity index (χ3v) is 1.06. The standard InChI is InChI=1S/C6H13NO3/c1-5(6(7)8)10-4-3-9-2/h5H,3-4H2,1-2H3,(H2,7,8). The molecule has 0 aromatic carbocycles. The smallest absolute Gasteiger partial charge is 0.246 e. The molecule has 0 rings (SSSR count). The number of rotatable bonds is 5. The van der Waals surface area contributed by atoms with Crippen LogP contribution in [0.25, 0.3) is 0 Å². The highest BCUT2D eigenvalue weighted by Gasteiger charge is 2.06. The van der Waals surface area contributed by atoms with Crippen LogP contribution in [0.15, 0.2) is 0 Å². The van der Waals surface area contributed by atoms with Gasteiger partial charge in [-0.2, -0.15) is 0 Å². The normalized spacial score (nSPS) is 13.0. The average molecular weight is 147 g/mol. The summed E-state index contributed by atoms with van der Waals surface area (Å²) >= 11 is 0. The van der Waals surface area contributed by atoms with Crippen molar-refractivity contribution in [3.05, 3.63) is 0 Å². The second kappa shape index (κ2) is 5.20. The van der Waals surface area contributed by atoms with Gasteiger partial charge in [0.1, 0.15) is 6.10 Å². The number of carbonyl (C=O) groups is 1. The first kappa shape index (κ1) is 9.39. The SMILES string of the molecule is COCCOC(C)C(N)=O. The van der Waals surface area contributed by atoms with Gasteiger partial charge in [-0.25, -0.2) is 0 Å². The molecule has 0 aliphatic heterocycles. The fraction of sp³-hybridized carbons (Fsp3) is 0.833. The summed E-state index contributed by atoms with van der Waals surface area (Å²) in [5.74, 6) is -0.448. The van der Waals surface area contributed by atoms with E-state index in [1.54, 1.807) is 14.0 Å². The number of hydrogen-bond acceptors (Lipinski definition) is 3. The van der Waals surface area contributed by atoms with Gasteiger partial charge in [0, 0.05) is 7.11 Å².